The van der Waals surface area contributed by atoms with Gasteiger partial charge in [-0.15, -0.1) is 0 Å². The summed E-state index contributed by atoms with van der Waals surface area (Å²) in [4.78, 5) is 33.1. The van der Waals surface area contributed by atoms with E-state index in [4.69, 9.17) is 14.2 Å². The van der Waals surface area contributed by atoms with Gasteiger partial charge in [-0.05, 0) is 0 Å². The normalized spacial score (nSPS) is 19.3. The van der Waals surface area contributed by atoms with Crippen LogP contribution in [0.25, 0.3) is 0 Å². The molecule has 0 radical (unpaired) electrons. The van der Waals surface area contributed by atoms with Gasteiger partial charge in [0.15, 0.2) is 0 Å². The molecule has 0 saturated carbocycles. The van der Waals surface area contributed by atoms with E-state index in [-0.39, 0.29) is 13.0 Å². The van der Waals surface area contributed by atoms with Crippen molar-refractivity contribution in [1.29, 1.82) is 0 Å². The summed E-state index contributed by atoms with van der Waals surface area (Å²) in [6.07, 6.45) is 0.360. The molecule has 0 spiro atoms. The molecule has 1 aliphatic heterocycles. The Hall–Kier alpha value is -1.50. The van der Waals surface area contributed by atoms with Gasteiger partial charge in [-0.2, -0.15) is 4.91 Å². The molecule has 0 aromatic carbocycles. The van der Waals surface area contributed by atoms with Crippen molar-refractivity contribution in [2.45, 2.75) is 44.8 Å². The fraction of sp³-hybridized carbons (Fsp3) is 0.833. The van der Waals surface area contributed by atoms with Gasteiger partial charge < -0.3 is 14.2 Å². The lowest BCUT2D eigenvalue weighted by Gasteiger charge is -2.36. The van der Waals surface area contributed by atoms with Gasteiger partial charge in [0.1, 0.15) is 11.6 Å². The van der Waals surface area contributed by atoms with E-state index in [1.54, 1.807) is 0 Å². The van der Waals surface area contributed by atoms with Gasteiger partial charge in [-0.1, -0.05) is 5.18 Å². The van der Waals surface area contributed by atoms with Gasteiger partial charge in [0.05, 0.1) is 6.61 Å². The first-order valence-electron chi connectivity index (χ1n) is 6.23. The Morgan fingerprint density at radius 3 is 2.37 bits per heavy atom. The molecular weight excluding hydrogens is 254 g/mol. The fourth-order valence-corrected chi connectivity index (χ4v) is 2.14. The standard InChI is InChI=1S/C12H19NO6/c1-9(14)18-6-3-11(19-10(2)15)12(13-16)4-7-17-8-5-12/h11H,3-8H2,1-2H3. The Labute approximate surface area is 111 Å². The predicted octanol–water partition coefficient (Wildman–Crippen LogP) is 1.19. The van der Waals surface area contributed by atoms with Crippen molar-refractivity contribution in [3.05, 3.63) is 4.91 Å². The van der Waals surface area contributed by atoms with Crippen molar-refractivity contribution in [2.75, 3.05) is 19.8 Å². The van der Waals surface area contributed by atoms with E-state index in [0.717, 1.165) is 0 Å². The molecule has 1 saturated heterocycles. The molecular formula is C12H19NO6. The Kier molecular flexibility index (Phi) is 5.88. The quantitative estimate of drug-likeness (QED) is 0.533. The summed E-state index contributed by atoms with van der Waals surface area (Å²) in [7, 11) is 0. The second-order valence-corrected chi connectivity index (χ2v) is 4.53. The molecule has 1 rings (SSSR count). The van der Waals surface area contributed by atoms with E-state index < -0.39 is 23.6 Å². The van der Waals surface area contributed by atoms with E-state index in [0.29, 0.717) is 26.1 Å². The molecule has 1 aliphatic rings. The molecule has 1 heterocycles. The number of carbonyl (C=O) groups is 2. The first-order valence-corrected chi connectivity index (χ1v) is 6.23. The van der Waals surface area contributed by atoms with Gasteiger partial charge in [-0.3, -0.25) is 9.59 Å². The molecule has 19 heavy (non-hydrogen) atoms. The summed E-state index contributed by atoms with van der Waals surface area (Å²) in [5.41, 5.74) is -0.982. The number of nitroso groups, excluding NO2 is 1. The van der Waals surface area contributed by atoms with Crippen LogP contribution in [0.15, 0.2) is 5.18 Å². The largest absolute Gasteiger partial charge is 0.466 e. The summed E-state index contributed by atoms with van der Waals surface area (Å²) in [6.45, 7) is 3.46. The highest BCUT2D eigenvalue weighted by molar-refractivity contribution is 5.66. The average molecular weight is 273 g/mol. The molecule has 1 fully saturated rings. The van der Waals surface area contributed by atoms with Crippen molar-refractivity contribution < 1.29 is 23.8 Å². The molecule has 0 aromatic heterocycles. The van der Waals surface area contributed by atoms with Crippen molar-refractivity contribution in [1.82, 2.24) is 0 Å². The highest BCUT2D eigenvalue weighted by Crippen LogP contribution is 2.32. The molecule has 1 atom stereocenters. The molecule has 108 valence electrons. The van der Waals surface area contributed by atoms with Crippen LogP contribution in [0.2, 0.25) is 0 Å². The maximum absolute atomic E-state index is 11.2. The minimum Gasteiger partial charge on any atom is -0.466 e. The lowest BCUT2D eigenvalue weighted by molar-refractivity contribution is -0.155. The number of rotatable bonds is 6. The van der Waals surface area contributed by atoms with E-state index in [1.165, 1.54) is 13.8 Å². The highest BCUT2D eigenvalue weighted by atomic mass is 16.6. The smallest absolute Gasteiger partial charge is 0.302 e. The SMILES string of the molecule is CC(=O)OCCC(OC(C)=O)C1(N=O)CCOCC1. The molecule has 7 heteroatoms. The molecule has 1 unspecified atom stereocenters. The first-order chi connectivity index (χ1) is 9.00. The van der Waals surface area contributed by atoms with Gasteiger partial charge in [0, 0.05) is 46.3 Å². The van der Waals surface area contributed by atoms with Crippen LogP contribution in [0.1, 0.15) is 33.1 Å². The maximum Gasteiger partial charge on any atom is 0.302 e. The number of hydrogen-bond donors (Lipinski definition) is 0. The number of hydrogen-bond acceptors (Lipinski definition) is 7. The first kappa shape index (κ1) is 15.6. The number of esters is 2. The van der Waals surface area contributed by atoms with E-state index in [2.05, 4.69) is 5.18 Å². The number of ether oxygens (including phenoxy) is 3. The topological polar surface area (TPSA) is 91.3 Å². The lowest BCUT2D eigenvalue weighted by Crippen LogP contribution is -2.47. The Balaban J connectivity index is 2.71. The van der Waals surface area contributed by atoms with Crippen LogP contribution in [0.3, 0.4) is 0 Å². The lowest BCUT2D eigenvalue weighted by atomic mass is 9.83. The van der Waals surface area contributed by atoms with Crippen LogP contribution in [0, 0.1) is 4.91 Å². The zero-order valence-corrected chi connectivity index (χ0v) is 11.2. The third kappa shape index (κ3) is 4.59. The van der Waals surface area contributed by atoms with Crippen LogP contribution in [-0.4, -0.2) is 43.4 Å². The van der Waals surface area contributed by atoms with Crippen LogP contribution in [0.4, 0.5) is 0 Å². The minimum atomic E-state index is -0.982. The zero-order chi connectivity index (χ0) is 14.3. The van der Waals surface area contributed by atoms with Crippen molar-refractivity contribution in [2.24, 2.45) is 5.18 Å². The summed E-state index contributed by atoms with van der Waals surface area (Å²) in [5.74, 6) is -0.899. The Morgan fingerprint density at radius 1 is 1.26 bits per heavy atom. The third-order valence-electron chi connectivity index (χ3n) is 3.13. The number of carbonyl (C=O) groups excluding carboxylic acids is 2. The Morgan fingerprint density at radius 2 is 1.89 bits per heavy atom. The maximum atomic E-state index is 11.2. The predicted molar refractivity (Wildman–Crippen MR) is 65.4 cm³/mol. The van der Waals surface area contributed by atoms with Gasteiger partial charge in [0.2, 0.25) is 0 Å². The average Bonchev–Trinajstić information content (AvgIpc) is 2.37. The summed E-state index contributed by atoms with van der Waals surface area (Å²) in [6, 6.07) is 0. The molecule has 7 nitrogen and oxygen atoms in total. The fourth-order valence-electron chi connectivity index (χ4n) is 2.14. The second-order valence-electron chi connectivity index (χ2n) is 4.53. The van der Waals surface area contributed by atoms with Crippen molar-refractivity contribution >= 4 is 11.9 Å². The third-order valence-corrected chi connectivity index (χ3v) is 3.13. The van der Waals surface area contributed by atoms with Gasteiger partial charge in [0.25, 0.3) is 0 Å². The van der Waals surface area contributed by atoms with E-state index in [1.807, 2.05) is 0 Å². The van der Waals surface area contributed by atoms with E-state index in [9.17, 15) is 14.5 Å². The molecule has 0 amide bonds. The van der Waals surface area contributed by atoms with Crippen molar-refractivity contribution in [3.63, 3.8) is 0 Å². The summed E-state index contributed by atoms with van der Waals surface area (Å²) in [5, 5.41) is 3.18. The van der Waals surface area contributed by atoms with Gasteiger partial charge in [-0.25, -0.2) is 0 Å². The Bertz CT molecular complexity index is 337. The summed E-state index contributed by atoms with van der Waals surface area (Å²) >= 11 is 0. The second kappa shape index (κ2) is 7.18. The van der Waals surface area contributed by atoms with Crippen molar-refractivity contribution in [3.8, 4) is 0 Å². The monoisotopic (exact) mass is 273 g/mol. The van der Waals surface area contributed by atoms with Gasteiger partial charge >= 0.3 is 11.9 Å². The highest BCUT2D eigenvalue weighted by Gasteiger charge is 2.44. The minimum absolute atomic E-state index is 0.0887. The molecule has 0 aromatic rings. The van der Waals surface area contributed by atoms with Crippen LogP contribution in [0.5, 0.6) is 0 Å². The number of nitrogens with zero attached hydrogens (tertiary/aromatic N) is 1. The molecule has 0 aliphatic carbocycles. The van der Waals surface area contributed by atoms with Crippen LogP contribution < -0.4 is 0 Å². The van der Waals surface area contributed by atoms with Crippen LogP contribution in [-0.2, 0) is 23.8 Å². The molecule has 0 N–H and O–H groups in total. The van der Waals surface area contributed by atoms with Crippen LogP contribution >= 0.6 is 0 Å². The zero-order valence-electron chi connectivity index (χ0n) is 11.2. The van der Waals surface area contributed by atoms with E-state index >= 15 is 0 Å². The summed E-state index contributed by atoms with van der Waals surface area (Å²) < 4.78 is 15.2. The molecule has 0 bridgehead atoms.